The largest absolute Gasteiger partial charge is 0.456 e. The van der Waals surface area contributed by atoms with E-state index in [0.717, 1.165) is 66.1 Å². The Hall–Kier alpha value is -8.21. The van der Waals surface area contributed by atoms with Crippen molar-refractivity contribution < 1.29 is 4.42 Å². The van der Waals surface area contributed by atoms with E-state index in [0.29, 0.717) is 17.5 Å². The average Bonchev–Trinajstić information content (AvgIpc) is 3.72. The van der Waals surface area contributed by atoms with E-state index in [9.17, 15) is 0 Å². The summed E-state index contributed by atoms with van der Waals surface area (Å²) in [7, 11) is 0. The highest BCUT2D eigenvalue weighted by atomic mass is 16.3. The first kappa shape index (κ1) is 34.8. The lowest BCUT2D eigenvalue weighted by Gasteiger charge is -2.13. The summed E-state index contributed by atoms with van der Waals surface area (Å²) in [6.45, 7) is 0. The maximum atomic E-state index is 6.46. The van der Waals surface area contributed by atoms with Gasteiger partial charge in [-0.2, -0.15) is 0 Å². The molecule has 12 aromatic rings. The molecule has 10 aromatic carbocycles. The molecule has 0 amide bonds. The Labute approximate surface area is 352 Å². The Kier molecular flexibility index (Phi) is 8.13. The summed E-state index contributed by atoms with van der Waals surface area (Å²) in [6.07, 6.45) is 0. The second kappa shape index (κ2) is 14.3. The fraction of sp³-hybridized carbons (Fsp3) is 0. The van der Waals surface area contributed by atoms with Crippen LogP contribution in [0.5, 0.6) is 0 Å². The molecule has 0 saturated heterocycles. The fourth-order valence-corrected chi connectivity index (χ4v) is 8.85. The van der Waals surface area contributed by atoms with Crippen LogP contribution >= 0.6 is 0 Å². The number of fused-ring (bicyclic) bond motifs is 7. The minimum absolute atomic E-state index is 0.614. The molecule has 284 valence electrons. The van der Waals surface area contributed by atoms with Crippen molar-refractivity contribution in [3.63, 3.8) is 0 Å². The van der Waals surface area contributed by atoms with Gasteiger partial charge in [0.25, 0.3) is 0 Å². The molecule has 61 heavy (non-hydrogen) atoms. The number of rotatable bonds is 6. The molecular weight excluding hydrogens is 743 g/mol. The summed E-state index contributed by atoms with van der Waals surface area (Å²) >= 11 is 0. The van der Waals surface area contributed by atoms with Crippen LogP contribution in [-0.2, 0) is 0 Å². The smallest absolute Gasteiger partial charge is 0.164 e. The van der Waals surface area contributed by atoms with Crippen LogP contribution in [0.15, 0.2) is 217 Å². The highest BCUT2D eigenvalue weighted by Crippen LogP contribution is 2.39. The lowest BCUT2D eigenvalue weighted by Crippen LogP contribution is -2.01. The second-order valence-corrected chi connectivity index (χ2v) is 15.6. The molecule has 0 aliphatic carbocycles. The second-order valence-electron chi connectivity index (χ2n) is 15.6. The van der Waals surface area contributed by atoms with Crippen molar-refractivity contribution >= 4 is 54.3 Å². The summed E-state index contributed by atoms with van der Waals surface area (Å²) in [5, 5.41) is 9.30. The Morgan fingerprint density at radius 2 is 0.820 bits per heavy atom. The zero-order valence-electron chi connectivity index (χ0n) is 33.0. The Morgan fingerprint density at radius 1 is 0.262 bits per heavy atom. The van der Waals surface area contributed by atoms with Gasteiger partial charge in [0, 0.05) is 27.5 Å². The molecule has 12 rings (SSSR count). The minimum Gasteiger partial charge on any atom is -0.456 e. The van der Waals surface area contributed by atoms with Crippen LogP contribution in [0.3, 0.4) is 0 Å². The molecule has 0 N–H and O–H groups in total. The Morgan fingerprint density at radius 3 is 1.56 bits per heavy atom. The van der Waals surface area contributed by atoms with Gasteiger partial charge >= 0.3 is 0 Å². The van der Waals surface area contributed by atoms with Crippen LogP contribution in [0.4, 0.5) is 0 Å². The van der Waals surface area contributed by atoms with Crippen molar-refractivity contribution in [2.45, 2.75) is 0 Å². The molecule has 0 bridgehead atoms. The van der Waals surface area contributed by atoms with Gasteiger partial charge in [-0.05, 0) is 96.0 Å². The maximum Gasteiger partial charge on any atom is 0.164 e. The zero-order chi connectivity index (χ0) is 40.3. The molecule has 0 radical (unpaired) electrons. The monoisotopic (exact) mass is 777 g/mol. The summed E-state index contributed by atoms with van der Waals surface area (Å²) < 4.78 is 6.46. The van der Waals surface area contributed by atoms with E-state index >= 15 is 0 Å². The SMILES string of the molecule is c1ccc(-c2cccc3oc4cc(-c5ccc(-c6nc(-c7ccc(-c8ccc9ccccc9c8)cc7)nc(-c7cc8ccccc8c8ccccc78)n6)cc5)ccc4c23)cc1. The van der Waals surface area contributed by atoms with E-state index in [-0.39, 0.29) is 0 Å². The minimum atomic E-state index is 0.614. The van der Waals surface area contributed by atoms with Crippen LogP contribution in [0.1, 0.15) is 0 Å². The standard InChI is InChI=1S/C57H35N3O/c1-2-12-39(13-3-1)47-19-10-20-52-54(47)50-32-31-44(35-53(50)61-52)38-23-28-41(29-24-38)56-58-55(40-26-21-37(22-27-40)43-30-25-36-11-4-5-14-42(36)33-43)59-57(60-56)51-34-45-15-6-7-16-46(45)48-17-8-9-18-49(48)51/h1-35H. The first-order valence-electron chi connectivity index (χ1n) is 20.6. The molecule has 2 aromatic heterocycles. The van der Waals surface area contributed by atoms with Gasteiger partial charge in [0.1, 0.15) is 11.2 Å². The predicted molar refractivity (Wildman–Crippen MR) is 252 cm³/mol. The number of furan rings is 1. The molecule has 0 saturated carbocycles. The number of benzene rings is 10. The highest BCUT2D eigenvalue weighted by molar-refractivity contribution is 6.14. The van der Waals surface area contributed by atoms with Crippen LogP contribution in [0.2, 0.25) is 0 Å². The van der Waals surface area contributed by atoms with E-state index in [1.54, 1.807) is 0 Å². The van der Waals surface area contributed by atoms with E-state index in [2.05, 4.69) is 200 Å². The van der Waals surface area contributed by atoms with E-state index < -0.39 is 0 Å². The third kappa shape index (κ3) is 6.12. The fourth-order valence-electron chi connectivity index (χ4n) is 8.85. The molecule has 4 nitrogen and oxygen atoms in total. The van der Waals surface area contributed by atoms with Gasteiger partial charge in [0.05, 0.1) is 0 Å². The quantitative estimate of drug-likeness (QED) is 0.158. The van der Waals surface area contributed by atoms with Gasteiger partial charge < -0.3 is 4.42 Å². The molecule has 0 aliphatic rings. The average molecular weight is 778 g/mol. The summed E-state index contributed by atoms with van der Waals surface area (Å²) in [4.78, 5) is 15.6. The molecule has 0 aliphatic heterocycles. The third-order valence-corrected chi connectivity index (χ3v) is 11.9. The van der Waals surface area contributed by atoms with E-state index in [1.807, 2.05) is 12.1 Å². The third-order valence-electron chi connectivity index (χ3n) is 11.9. The van der Waals surface area contributed by atoms with Crippen molar-refractivity contribution in [3.05, 3.63) is 212 Å². The predicted octanol–water partition coefficient (Wildman–Crippen LogP) is 15.2. The van der Waals surface area contributed by atoms with E-state index in [1.165, 1.54) is 38.2 Å². The Bertz CT molecular complexity index is 3630. The Balaban J connectivity index is 0.954. The first-order chi connectivity index (χ1) is 30.2. The molecule has 4 heteroatoms. The first-order valence-corrected chi connectivity index (χ1v) is 20.6. The van der Waals surface area contributed by atoms with Gasteiger partial charge in [-0.1, -0.05) is 182 Å². The number of aromatic nitrogens is 3. The molecular formula is C57H35N3O. The summed E-state index contributed by atoms with van der Waals surface area (Å²) in [5.41, 5.74) is 11.3. The van der Waals surface area contributed by atoms with Crippen LogP contribution in [0, 0.1) is 0 Å². The van der Waals surface area contributed by atoms with Gasteiger partial charge in [-0.3, -0.25) is 0 Å². The van der Waals surface area contributed by atoms with Gasteiger partial charge in [-0.25, -0.2) is 15.0 Å². The summed E-state index contributed by atoms with van der Waals surface area (Å²) in [5.74, 6) is 1.87. The van der Waals surface area contributed by atoms with Crippen molar-refractivity contribution in [2.24, 2.45) is 0 Å². The molecule has 0 atom stereocenters. The molecule has 0 unspecified atom stereocenters. The van der Waals surface area contributed by atoms with Crippen LogP contribution < -0.4 is 0 Å². The lowest BCUT2D eigenvalue weighted by molar-refractivity contribution is 0.669. The van der Waals surface area contributed by atoms with Gasteiger partial charge in [0.15, 0.2) is 17.5 Å². The normalized spacial score (nSPS) is 11.6. The summed E-state index contributed by atoms with van der Waals surface area (Å²) in [6, 6.07) is 74.6. The number of nitrogens with zero attached hydrogens (tertiary/aromatic N) is 3. The van der Waals surface area contributed by atoms with Gasteiger partial charge in [0.2, 0.25) is 0 Å². The lowest BCUT2D eigenvalue weighted by atomic mass is 9.96. The molecule has 0 spiro atoms. The maximum absolute atomic E-state index is 6.46. The molecule has 0 fully saturated rings. The van der Waals surface area contributed by atoms with Gasteiger partial charge in [-0.15, -0.1) is 0 Å². The molecule has 2 heterocycles. The van der Waals surface area contributed by atoms with Crippen molar-refractivity contribution in [3.8, 4) is 67.5 Å². The van der Waals surface area contributed by atoms with Crippen molar-refractivity contribution in [1.29, 1.82) is 0 Å². The topological polar surface area (TPSA) is 51.8 Å². The van der Waals surface area contributed by atoms with Crippen LogP contribution in [0.25, 0.3) is 122 Å². The highest BCUT2D eigenvalue weighted by Gasteiger charge is 2.18. The number of hydrogen-bond acceptors (Lipinski definition) is 4. The van der Waals surface area contributed by atoms with Crippen molar-refractivity contribution in [1.82, 2.24) is 15.0 Å². The number of hydrogen-bond donors (Lipinski definition) is 0. The zero-order valence-corrected chi connectivity index (χ0v) is 33.0. The van der Waals surface area contributed by atoms with E-state index in [4.69, 9.17) is 19.4 Å². The van der Waals surface area contributed by atoms with Crippen molar-refractivity contribution in [2.75, 3.05) is 0 Å². The van der Waals surface area contributed by atoms with Crippen LogP contribution in [-0.4, -0.2) is 15.0 Å².